The van der Waals surface area contributed by atoms with Gasteiger partial charge in [-0.25, -0.2) is 10.8 Å². The molecule has 0 unspecified atom stereocenters. The zero-order valence-electron chi connectivity index (χ0n) is 9.44. The van der Waals surface area contributed by atoms with Crippen LogP contribution < -0.4 is 11.3 Å². The second-order valence-corrected chi connectivity index (χ2v) is 4.03. The molecule has 0 spiro atoms. The maximum absolute atomic E-state index is 5.46. The monoisotopic (exact) mass is 224 g/mol. The van der Waals surface area contributed by atoms with Gasteiger partial charge in [-0.15, -0.1) is 0 Å². The molecule has 0 saturated heterocycles. The molecule has 1 aromatic carbocycles. The second-order valence-electron chi connectivity index (χ2n) is 4.03. The van der Waals surface area contributed by atoms with Gasteiger partial charge in [-0.1, -0.05) is 12.1 Å². The first-order chi connectivity index (χ1) is 8.29. The van der Waals surface area contributed by atoms with E-state index in [9.17, 15) is 0 Å². The lowest BCUT2D eigenvalue weighted by Crippen LogP contribution is -2.10. The molecule has 0 bridgehead atoms. The van der Waals surface area contributed by atoms with Crippen LogP contribution in [0.2, 0.25) is 0 Å². The van der Waals surface area contributed by atoms with Crippen molar-refractivity contribution in [1.29, 1.82) is 0 Å². The van der Waals surface area contributed by atoms with Crippen molar-refractivity contribution < 1.29 is 0 Å². The van der Waals surface area contributed by atoms with E-state index in [0.29, 0.717) is 5.82 Å². The van der Waals surface area contributed by atoms with E-state index in [2.05, 4.69) is 33.6 Å². The van der Waals surface area contributed by atoms with Gasteiger partial charge in [0.15, 0.2) is 0 Å². The number of pyridine rings is 2. The third-order valence-corrected chi connectivity index (χ3v) is 2.93. The highest BCUT2D eigenvalue weighted by Gasteiger charge is 2.05. The fourth-order valence-corrected chi connectivity index (χ4v) is 2.06. The first-order valence-corrected chi connectivity index (χ1v) is 5.40. The lowest BCUT2D eigenvalue weighted by Gasteiger charge is -2.08. The van der Waals surface area contributed by atoms with E-state index in [1.807, 2.05) is 19.2 Å². The van der Waals surface area contributed by atoms with Crippen molar-refractivity contribution in [2.75, 3.05) is 5.43 Å². The molecule has 2 aromatic heterocycles. The SMILES string of the molecule is Cc1cc2ccc3cnccc3c2nc1NN. The third-order valence-electron chi connectivity index (χ3n) is 2.93. The Morgan fingerprint density at radius 2 is 2.00 bits per heavy atom. The Morgan fingerprint density at radius 1 is 1.18 bits per heavy atom. The maximum atomic E-state index is 5.46. The summed E-state index contributed by atoms with van der Waals surface area (Å²) in [5.74, 6) is 6.17. The van der Waals surface area contributed by atoms with E-state index in [1.165, 1.54) is 0 Å². The molecule has 3 N–H and O–H groups in total. The fourth-order valence-electron chi connectivity index (χ4n) is 2.06. The van der Waals surface area contributed by atoms with Crippen LogP contribution in [0.15, 0.2) is 36.7 Å². The zero-order valence-corrected chi connectivity index (χ0v) is 9.44. The minimum Gasteiger partial charge on any atom is -0.308 e. The zero-order chi connectivity index (χ0) is 11.8. The lowest BCUT2D eigenvalue weighted by atomic mass is 10.1. The van der Waals surface area contributed by atoms with E-state index < -0.39 is 0 Å². The summed E-state index contributed by atoms with van der Waals surface area (Å²) in [6.45, 7) is 1.98. The van der Waals surface area contributed by atoms with Gasteiger partial charge >= 0.3 is 0 Å². The number of hydrogen-bond acceptors (Lipinski definition) is 4. The predicted octanol–water partition coefficient (Wildman–Crippen LogP) is 2.38. The highest BCUT2D eigenvalue weighted by Crippen LogP contribution is 2.26. The van der Waals surface area contributed by atoms with Crippen molar-refractivity contribution in [1.82, 2.24) is 9.97 Å². The Bertz CT molecular complexity index is 706. The fraction of sp³-hybridized carbons (Fsp3) is 0.0769. The highest BCUT2D eigenvalue weighted by atomic mass is 15.2. The van der Waals surface area contributed by atoms with Gasteiger partial charge in [-0.05, 0) is 24.6 Å². The number of hydrazine groups is 1. The molecule has 0 atom stereocenters. The topological polar surface area (TPSA) is 63.8 Å². The smallest absolute Gasteiger partial charge is 0.143 e. The van der Waals surface area contributed by atoms with Crippen LogP contribution in [-0.4, -0.2) is 9.97 Å². The van der Waals surface area contributed by atoms with Crippen molar-refractivity contribution in [2.45, 2.75) is 6.92 Å². The maximum Gasteiger partial charge on any atom is 0.143 e. The highest BCUT2D eigenvalue weighted by molar-refractivity contribution is 6.05. The van der Waals surface area contributed by atoms with Gasteiger partial charge in [-0.3, -0.25) is 4.98 Å². The minimum absolute atomic E-state index is 0.710. The number of benzene rings is 1. The average Bonchev–Trinajstić information content (AvgIpc) is 2.37. The van der Waals surface area contributed by atoms with E-state index in [4.69, 9.17) is 5.84 Å². The van der Waals surface area contributed by atoms with Gasteiger partial charge in [0.1, 0.15) is 5.82 Å². The number of nitrogens with two attached hydrogens (primary N) is 1. The molecular formula is C13H12N4. The predicted molar refractivity (Wildman–Crippen MR) is 69.6 cm³/mol. The molecule has 3 aromatic rings. The summed E-state index contributed by atoms with van der Waals surface area (Å²) in [6, 6.07) is 8.17. The van der Waals surface area contributed by atoms with E-state index in [0.717, 1.165) is 27.2 Å². The lowest BCUT2D eigenvalue weighted by molar-refractivity contribution is 1.23. The Balaban J connectivity index is 2.48. The van der Waals surface area contributed by atoms with Gasteiger partial charge in [-0.2, -0.15) is 0 Å². The average molecular weight is 224 g/mol. The van der Waals surface area contributed by atoms with Gasteiger partial charge in [0.05, 0.1) is 5.52 Å². The largest absolute Gasteiger partial charge is 0.308 e. The second kappa shape index (κ2) is 3.68. The molecule has 4 nitrogen and oxygen atoms in total. The van der Waals surface area contributed by atoms with E-state index >= 15 is 0 Å². The summed E-state index contributed by atoms with van der Waals surface area (Å²) >= 11 is 0. The summed E-state index contributed by atoms with van der Waals surface area (Å²) in [4.78, 5) is 8.67. The summed E-state index contributed by atoms with van der Waals surface area (Å²) in [6.07, 6.45) is 3.62. The molecule has 0 radical (unpaired) electrons. The van der Waals surface area contributed by atoms with E-state index in [1.54, 1.807) is 6.20 Å². The molecule has 0 amide bonds. The Kier molecular flexibility index (Phi) is 2.16. The number of nitrogen functional groups attached to an aromatic ring is 1. The van der Waals surface area contributed by atoms with Crippen molar-refractivity contribution in [3.63, 3.8) is 0 Å². The number of fused-ring (bicyclic) bond motifs is 3. The molecule has 0 aliphatic carbocycles. The Hall–Kier alpha value is -2.20. The third kappa shape index (κ3) is 1.50. The number of aromatic nitrogens is 2. The molecule has 0 fully saturated rings. The van der Waals surface area contributed by atoms with E-state index in [-0.39, 0.29) is 0 Å². The first-order valence-electron chi connectivity index (χ1n) is 5.40. The van der Waals surface area contributed by atoms with Crippen molar-refractivity contribution in [2.24, 2.45) is 5.84 Å². The Morgan fingerprint density at radius 3 is 2.82 bits per heavy atom. The van der Waals surface area contributed by atoms with Crippen LogP contribution in [0.5, 0.6) is 0 Å². The summed E-state index contributed by atoms with van der Waals surface area (Å²) < 4.78 is 0. The molecule has 0 aliphatic heterocycles. The molecule has 2 heterocycles. The van der Waals surface area contributed by atoms with Crippen LogP contribution in [-0.2, 0) is 0 Å². The first kappa shape index (κ1) is 9.99. The van der Waals surface area contributed by atoms with Crippen LogP contribution in [0.4, 0.5) is 5.82 Å². The molecular weight excluding hydrogens is 212 g/mol. The standard InChI is InChI=1S/C13H12N4/c1-8-6-9-2-3-10-7-15-5-4-11(10)12(9)16-13(8)17-14/h2-7H,14H2,1H3,(H,16,17). The molecule has 84 valence electrons. The molecule has 17 heavy (non-hydrogen) atoms. The number of hydrogen-bond donors (Lipinski definition) is 2. The number of nitrogens with one attached hydrogen (secondary N) is 1. The molecule has 0 aliphatic rings. The molecule has 3 rings (SSSR count). The number of anilines is 1. The van der Waals surface area contributed by atoms with Gasteiger partial charge < -0.3 is 5.43 Å². The quantitative estimate of drug-likeness (QED) is 0.378. The van der Waals surface area contributed by atoms with Crippen LogP contribution in [0.25, 0.3) is 21.7 Å². The molecule has 4 heteroatoms. The number of aryl methyl sites for hydroxylation is 1. The molecule has 0 saturated carbocycles. The van der Waals surface area contributed by atoms with Crippen molar-refractivity contribution >= 4 is 27.5 Å². The number of nitrogens with zero attached hydrogens (tertiary/aromatic N) is 2. The normalized spacial score (nSPS) is 10.9. The summed E-state index contributed by atoms with van der Waals surface area (Å²) in [5, 5.41) is 3.29. The van der Waals surface area contributed by atoms with Gasteiger partial charge in [0, 0.05) is 28.6 Å². The van der Waals surface area contributed by atoms with Crippen LogP contribution >= 0.6 is 0 Å². The summed E-state index contributed by atoms with van der Waals surface area (Å²) in [5.41, 5.74) is 4.61. The van der Waals surface area contributed by atoms with Crippen LogP contribution in [0, 0.1) is 6.92 Å². The number of rotatable bonds is 1. The summed E-state index contributed by atoms with van der Waals surface area (Å²) in [7, 11) is 0. The van der Waals surface area contributed by atoms with Crippen molar-refractivity contribution in [3.8, 4) is 0 Å². The van der Waals surface area contributed by atoms with Gasteiger partial charge in [0.25, 0.3) is 0 Å². The minimum atomic E-state index is 0.710. The van der Waals surface area contributed by atoms with Crippen molar-refractivity contribution in [3.05, 3.63) is 42.2 Å². The van der Waals surface area contributed by atoms with Crippen LogP contribution in [0.1, 0.15) is 5.56 Å². The Labute approximate surface area is 98.5 Å². The van der Waals surface area contributed by atoms with Crippen LogP contribution in [0.3, 0.4) is 0 Å². The van der Waals surface area contributed by atoms with Gasteiger partial charge in [0.2, 0.25) is 0 Å².